The number of carbonyl (C=O) groups excluding carboxylic acids is 1. The fourth-order valence-electron chi connectivity index (χ4n) is 5.40. The molecule has 0 spiro atoms. The zero-order chi connectivity index (χ0) is 26.5. The largest absolute Gasteiger partial charge is 0.417 e. The highest BCUT2D eigenvalue weighted by Crippen LogP contribution is 2.39. The van der Waals surface area contributed by atoms with Crippen molar-refractivity contribution >= 4 is 17.6 Å². The first-order valence-corrected chi connectivity index (χ1v) is 13.3. The maximum absolute atomic E-state index is 13.9. The fourth-order valence-corrected chi connectivity index (χ4v) is 5.40. The van der Waals surface area contributed by atoms with Crippen LogP contribution in [-0.2, 0) is 6.18 Å². The first-order chi connectivity index (χ1) is 18.3. The van der Waals surface area contributed by atoms with E-state index in [0.29, 0.717) is 11.5 Å². The van der Waals surface area contributed by atoms with Crippen LogP contribution < -0.4 is 10.6 Å². The summed E-state index contributed by atoms with van der Waals surface area (Å²) >= 11 is 0. The van der Waals surface area contributed by atoms with Crippen molar-refractivity contribution in [2.45, 2.75) is 57.2 Å². The van der Waals surface area contributed by atoms with E-state index in [9.17, 15) is 18.0 Å². The smallest absolute Gasteiger partial charge is 0.403 e. The van der Waals surface area contributed by atoms with Crippen LogP contribution in [0.25, 0.3) is 11.5 Å². The molecule has 5 rings (SSSR count). The molecular formula is C28H32F3N5O2. The lowest BCUT2D eigenvalue weighted by molar-refractivity contribution is -0.137. The van der Waals surface area contributed by atoms with E-state index in [1.165, 1.54) is 44.5 Å². The van der Waals surface area contributed by atoms with Gasteiger partial charge in [0.05, 0.1) is 11.1 Å². The zero-order valence-corrected chi connectivity index (χ0v) is 21.1. The first kappa shape index (κ1) is 26.2. The predicted molar refractivity (Wildman–Crippen MR) is 139 cm³/mol. The van der Waals surface area contributed by atoms with Gasteiger partial charge in [0.1, 0.15) is 0 Å². The second-order valence-corrected chi connectivity index (χ2v) is 10.2. The van der Waals surface area contributed by atoms with Crippen LogP contribution in [0.2, 0.25) is 0 Å². The van der Waals surface area contributed by atoms with Gasteiger partial charge in [-0.25, -0.2) is 0 Å². The molecule has 0 bridgehead atoms. The van der Waals surface area contributed by atoms with E-state index in [2.05, 4.69) is 25.7 Å². The Morgan fingerprint density at radius 2 is 1.71 bits per heavy atom. The Morgan fingerprint density at radius 1 is 0.974 bits per heavy atom. The Balaban J connectivity index is 1.22. The molecule has 10 heteroatoms. The number of alkyl halides is 3. The third kappa shape index (κ3) is 6.53. The van der Waals surface area contributed by atoms with Crippen molar-refractivity contribution in [3.05, 3.63) is 59.7 Å². The van der Waals surface area contributed by atoms with E-state index in [-0.39, 0.29) is 29.2 Å². The van der Waals surface area contributed by atoms with Gasteiger partial charge in [-0.3, -0.25) is 4.79 Å². The number of carbonyl (C=O) groups is 1. The summed E-state index contributed by atoms with van der Waals surface area (Å²) in [5.41, 5.74) is -0.829. The number of nitrogens with one attached hydrogen (secondary N) is 2. The molecule has 7 nitrogen and oxygen atoms in total. The monoisotopic (exact) mass is 527 g/mol. The predicted octanol–water partition coefficient (Wildman–Crippen LogP) is 6.46. The number of amides is 1. The summed E-state index contributed by atoms with van der Waals surface area (Å²) in [6.07, 6.45) is 3.35. The molecule has 2 N–H and O–H groups in total. The normalized spacial score (nSPS) is 20.7. The van der Waals surface area contributed by atoms with Crippen LogP contribution in [0, 0.1) is 5.92 Å². The van der Waals surface area contributed by atoms with Crippen LogP contribution in [0.15, 0.2) is 52.9 Å². The number of nitrogens with zero attached hydrogens (tertiary/aromatic N) is 3. The van der Waals surface area contributed by atoms with Gasteiger partial charge in [0.25, 0.3) is 5.91 Å². The van der Waals surface area contributed by atoms with E-state index >= 15 is 0 Å². The average molecular weight is 528 g/mol. The Kier molecular flexibility index (Phi) is 7.97. The highest BCUT2D eigenvalue weighted by atomic mass is 19.4. The highest BCUT2D eigenvalue weighted by molar-refractivity contribution is 6.04. The quantitative estimate of drug-likeness (QED) is 0.367. The second-order valence-electron chi connectivity index (χ2n) is 10.2. The lowest BCUT2D eigenvalue weighted by Crippen LogP contribution is -2.37. The molecule has 1 amide bonds. The number of halogens is 3. The van der Waals surface area contributed by atoms with Gasteiger partial charge < -0.3 is 20.0 Å². The Labute approximate surface area is 219 Å². The maximum atomic E-state index is 13.9. The third-order valence-corrected chi connectivity index (χ3v) is 7.41. The van der Waals surface area contributed by atoms with Gasteiger partial charge in [-0.1, -0.05) is 29.7 Å². The molecule has 38 heavy (non-hydrogen) atoms. The van der Waals surface area contributed by atoms with E-state index in [0.717, 1.165) is 38.3 Å². The van der Waals surface area contributed by atoms with Crippen molar-refractivity contribution in [3.8, 4) is 11.5 Å². The summed E-state index contributed by atoms with van der Waals surface area (Å²) in [7, 11) is 0. The minimum absolute atomic E-state index is 0.0223. The Morgan fingerprint density at radius 3 is 2.42 bits per heavy atom. The topological polar surface area (TPSA) is 83.3 Å². The molecule has 3 aromatic rings. The number of aromatic nitrogens is 2. The molecule has 202 valence electrons. The van der Waals surface area contributed by atoms with Crippen molar-refractivity contribution in [1.29, 1.82) is 0 Å². The molecule has 1 aromatic heterocycles. The zero-order valence-electron chi connectivity index (χ0n) is 21.1. The maximum Gasteiger partial charge on any atom is 0.417 e. The van der Waals surface area contributed by atoms with Crippen LogP contribution >= 0.6 is 0 Å². The number of likely N-dealkylation sites (tertiary alicyclic amines) is 1. The molecule has 1 aliphatic heterocycles. The van der Waals surface area contributed by atoms with Crippen molar-refractivity contribution in [1.82, 2.24) is 15.1 Å². The van der Waals surface area contributed by atoms with E-state index in [1.54, 1.807) is 30.3 Å². The highest BCUT2D eigenvalue weighted by Gasteiger charge is 2.36. The summed E-state index contributed by atoms with van der Waals surface area (Å²) in [6.45, 7) is 3.55. The van der Waals surface area contributed by atoms with Crippen molar-refractivity contribution in [2.75, 3.05) is 30.3 Å². The van der Waals surface area contributed by atoms with Crippen LogP contribution in [0.1, 0.15) is 60.9 Å². The Hall–Kier alpha value is -3.40. The minimum Gasteiger partial charge on any atom is -0.403 e. The van der Waals surface area contributed by atoms with Gasteiger partial charge >= 0.3 is 12.2 Å². The van der Waals surface area contributed by atoms with Crippen LogP contribution in [-0.4, -0.2) is 46.7 Å². The standard InChI is InChI=1S/C28H32F3N5O2/c29-28(30,31)24-17-22(32-25(37)20-7-3-1-4-8-20)13-14-23(24)26-34-35-27(38-26)33-21-11-9-19(10-12-21)18-36-15-5-2-6-16-36/h1,3-4,7-8,13-14,17,19,21H,2,5-6,9-12,15-16,18H2,(H,32,37)(H,33,35). The lowest BCUT2D eigenvalue weighted by atomic mass is 9.85. The number of rotatable bonds is 7. The molecule has 0 unspecified atom stereocenters. The number of piperidine rings is 1. The summed E-state index contributed by atoms with van der Waals surface area (Å²) in [5, 5.41) is 13.6. The summed E-state index contributed by atoms with van der Waals surface area (Å²) in [4.78, 5) is 15.0. The van der Waals surface area contributed by atoms with Crippen molar-refractivity contribution in [2.24, 2.45) is 5.92 Å². The van der Waals surface area contributed by atoms with Gasteiger partial charge in [-0.05, 0) is 87.9 Å². The summed E-state index contributed by atoms with van der Waals surface area (Å²) in [5.74, 6) is -0.0411. The molecule has 1 aliphatic carbocycles. The van der Waals surface area contributed by atoms with E-state index in [1.807, 2.05) is 0 Å². The van der Waals surface area contributed by atoms with E-state index in [4.69, 9.17) is 4.42 Å². The number of hydrogen-bond donors (Lipinski definition) is 2. The summed E-state index contributed by atoms with van der Waals surface area (Å²) < 4.78 is 47.4. The number of anilines is 2. The van der Waals surface area contributed by atoms with Crippen LogP contribution in [0.5, 0.6) is 0 Å². The van der Waals surface area contributed by atoms with Gasteiger partial charge in [-0.15, -0.1) is 5.10 Å². The van der Waals surface area contributed by atoms with Gasteiger partial charge in [0.15, 0.2) is 0 Å². The second kappa shape index (κ2) is 11.6. The van der Waals surface area contributed by atoms with Crippen molar-refractivity contribution < 1.29 is 22.4 Å². The fraction of sp³-hybridized carbons (Fsp3) is 0.464. The molecule has 1 saturated carbocycles. The molecule has 2 aromatic carbocycles. The molecule has 1 saturated heterocycles. The Bertz CT molecular complexity index is 1220. The SMILES string of the molecule is O=C(Nc1ccc(-c2nnc(NC3CCC(CN4CCCCC4)CC3)o2)c(C(F)(F)F)c1)c1ccccc1. The lowest BCUT2D eigenvalue weighted by Gasteiger charge is -2.34. The number of benzene rings is 2. The number of hydrogen-bond acceptors (Lipinski definition) is 6. The minimum atomic E-state index is -4.68. The first-order valence-electron chi connectivity index (χ1n) is 13.3. The molecule has 0 radical (unpaired) electrons. The van der Waals surface area contributed by atoms with Gasteiger partial charge in [-0.2, -0.15) is 13.2 Å². The average Bonchev–Trinajstić information content (AvgIpc) is 3.38. The molecule has 2 aliphatic rings. The molecule has 0 atom stereocenters. The molecule has 2 fully saturated rings. The van der Waals surface area contributed by atoms with Crippen LogP contribution in [0.4, 0.5) is 24.9 Å². The van der Waals surface area contributed by atoms with Gasteiger partial charge in [0.2, 0.25) is 5.89 Å². The molecule has 2 heterocycles. The third-order valence-electron chi connectivity index (χ3n) is 7.41. The van der Waals surface area contributed by atoms with E-state index < -0.39 is 17.6 Å². The summed E-state index contributed by atoms with van der Waals surface area (Å²) in [6, 6.07) is 12.1. The van der Waals surface area contributed by atoms with Crippen molar-refractivity contribution in [3.63, 3.8) is 0 Å². The van der Waals surface area contributed by atoms with Crippen LogP contribution in [0.3, 0.4) is 0 Å². The van der Waals surface area contributed by atoms with Gasteiger partial charge in [0, 0.05) is 23.8 Å². The molecular weight excluding hydrogens is 495 g/mol.